The highest BCUT2D eigenvalue weighted by Gasteiger charge is 2.50. The zero-order valence-electron chi connectivity index (χ0n) is 21.8. The third-order valence-electron chi connectivity index (χ3n) is 8.56. The van der Waals surface area contributed by atoms with Gasteiger partial charge in [-0.05, 0) is 48.4 Å². The van der Waals surface area contributed by atoms with Gasteiger partial charge in [0.2, 0.25) is 5.91 Å². The lowest BCUT2D eigenvalue weighted by Gasteiger charge is -2.50. The van der Waals surface area contributed by atoms with E-state index in [-0.39, 0.29) is 29.8 Å². The normalized spacial score (nSPS) is 24.1. The first kappa shape index (κ1) is 24.9. The number of anilines is 1. The van der Waals surface area contributed by atoms with Crippen molar-refractivity contribution < 1.29 is 19.1 Å². The molecular weight excluding hydrogens is 483 g/mol. The van der Waals surface area contributed by atoms with E-state index in [1.807, 2.05) is 13.8 Å². The molecule has 2 aliphatic heterocycles. The molecule has 2 aromatic carbocycles. The number of carbonyl (C=O) groups excluding carboxylic acids is 2. The maximum Gasteiger partial charge on any atom is 0.328 e. The fourth-order valence-corrected chi connectivity index (χ4v) is 6.06. The number of benzene rings is 2. The van der Waals surface area contributed by atoms with Crippen molar-refractivity contribution in [3.05, 3.63) is 71.2 Å². The molecule has 3 aliphatic rings. The molecule has 0 spiro atoms. The van der Waals surface area contributed by atoms with Gasteiger partial charge in [-0.1, -0.05) is 44.2 Å². The highest BCUT2D eigenvalue weighted by Crippen LogP contribution is 2.48. The number of aliphatic hydroxyl groups is 1. The summed E-state index contributed by atoms with van der Waals surface area (Å²) in [5.41, 5.74) is 1.77. The Labute approximate surface area is 221 Å². The van der Waals surface area contributed by atoms with Crippen LogP contribution in [0.1, 0.15) is 62.1 Å². The van der Waals surface area contributed by atoms with Gasteiger partial charge in [-0.15, -0.1) is 0 Å². The Bertz CT molecular complexity index is 1420. The monoisotopic (exact) mass is 516 g/mol. The van der Waals surface area contributed by atoms with Crippen LogP contribution in [0.2, 0.25) is 0 Å². The maximum absolute atomic E-state index is 16.1. The van der Waals surface area contributed by atoms with Crippen molar-refractivity contribution in [2.75, 3.05) is 24.5 Å². The maximum atomic E-state index is 16.1. The summed E-state index contributed by atoms with van der Waals surface area (Å²) in [5, 5.41) is 14.5. The molecule has 2 N–H and O–H groups in total. The molecule has 6 rings (SSSR count). The van der Waals surface area contributed by atoms with E-state index in [0.717, 1.165) is 12.5 Å². The van der Waals surface area contributed by atoms with Gasteiger partial charge in [-0.3, -0.25) is 24.9 Å². The second-order valence-corrected chi connectivity index (χ2v) is 11.7. The van der Waals surface area contributed by atoms with Gasteiger partial charge >= 0.3 is 6.03 Å². The Morgan fingerprint density at radius 1 is 1.11 bits per heavy atom. The van der Waals surface area contributed by atoms with Crippen LogP contribution in [0.3, 0.4) is 0 Å². The van der Waals surface area contributed by atoms with Gasteiger partial charge in [0.05, 0.1) is 23.0 Å². The average Bonchev–Trinajstić information content (AvgIpc) is 3.73. The second-order valence-electron chi connectivity index (χ2n) is 11.7. The predicted octanol–water partition coefficient (Wildman–Crippen LogP) is 4.82. The average molecular weight is 517 g/mol. The summed E-state index contributed by atoms with van der Waals surface area (Å²) in [7, 11) is 0. The van der Waals surface area contributed by atoms with Crippen molar-refractivity contribution >= 4 is 28.5 Å². The van der Waals surface area contributed by atoms with E-state index in [9.17, 15) is 14.7 Å². The number of nitrogens with zero attached hydrogens (tertiary/aromatic N) is 3. The van der Waals surface area contributed by atoms with Crippen LogP contribution in [-0.4, -0.2) is 46.6 Å². The molecule has 1 aliphatic carbocycles. The minimum atomic E-state index is -1.37. The lowest BCUT2D eigenvalue weighted by Crippen LogP contribution is -2.55. The number of rotatable bonds is 5. The number of amides is 3. The SMILES string of the molecule is CC1(C)CN(Cc2ccc(C3CC3)cc2)CCC1(O)c1ccc2ncc(N3CCC(=O)NC3=O)cc2c1F. The molecule has 1 saturated carbocycles. The van der Waals surface area contributed by atoms with E-state index in [1.165, 1.54) is 35.1 Å². The quantitative estimate of drug-likeness (QED) is 0.508. The van der Waals surface area contributed by atoms with Crippen LogP contribution < -0.4 is 10.2 Å². The number of hydrogen-bond acceptors (Lipinski definition) is 5. The standard InChI is InChI=1S/C30H33FN4O3/c1-29(2)18-34(17-19-3-5-20(6-4-19)21-7-8-21)14-12-30(29,38)24-9-10-25-23(27(24)31)15-22(16-32-25)35-13-11-26(36)33-28(35)37/h3-6,9-10,15-16,21,38H,7-8,11-14,17-18H2,1-2H3,(H,33,36,37). The summed E-state index contributed by atoms with van der Waals surface area (Å²) in [6.45, 7) is 6.23. The summed E-state index contributed by atoms with van der Waals surface area (Å²) in [5.74, 6) is -0.123. The van der Waals surface area contributed by atoms with Gasteiger partial charge in [0.15, 0.2) is 0 Å². The van der Waals surface area contributed by atoms with E-state index in [1.54, 1.807) is 18.2 Å². The van der Waals surface area contributed by atoms with E-state index in [2.05, 4.69) is 39.5 Å². The molecule has 198 valence electrons. The Balaban J connectivity index is 1.25. The molecular formula is C30H33FN4O3. The zero-order valence-corrected chi connectivity index (χ0v) is 21.8. The minimum absolute atomic E-state index is 0.168. The molecule has 3 aromatic rings. The predicted molar refractivity (Wildman–Crippen MR) is 143 cm³/mol. The van der Waals surface area contributed by atoms with Gasteiger partial charge in [0.25, 0.3) is 0 Å². The van der Waals surface area contributed by atoms with Gasteiger partial charge in [-0.2, -0.15) is 0 Å². The molecule has 3 amide bonds. The first-order valence-corrected chi connectivity index (χ1v) is 13.4. The topological polar surface area (TPSA) is 85.8 Å². The van der Waals surface area contributed by atoms with Gasteiger partial charge < -0.3 is 5.11 Å². The highest BCUT2D eigenvalue weighted by molar-refractivity contribution is 6.06. The molecule has 2 saturated heterocycles. The number of aromatic nitrogens is 1. The van der Waals surface area contributed by atoms with Crippen molar-refractivity contribution in [1.29, 1.82) is 0 Å². The van der Waals surface area contributed by atoms with E-state index in [0.29, 0.717) is 30.7 Å². The molecule has 7 nitrogen and oxygen atoms in total. The molecule has 1 unspecified atom stereocenters. The molecule has 3 fully saturated rings. The Kier molecular flexibility index (Phi) is 6.00. The van der Waals surface area contributed by atoms with Crippen molar-refractivity contribution in [3.63, 3.8) is 0 Å². The minimum Gasteiger partial charge on any atom is -0.384 e. The summed E-state index contributed by atoms with van der Waals surface area (Å²) < 4.78 is 16.1. The third-order valence-corrected chi connectivity index (χ3v) is 8.56. The third kappa shape index (κ3) is 4.35. The highest BCUT2D eigenvalue weighted by atomic mass is 19.1. The molecule has 8 heteroatoms. The number of carbonyl (C=O) groups is 2. The van der Waals surface area contributed by atoms with Crippen LogP contribution in [0.15, 0.2) is 48.7 Å². The number of fused-ring (bicyclic) bond motifs is 1. The lowest BCUT2D eigenvalue weighted by molar-refractivity contribution is -0.128. The van der Waals surface area contributed by atoms with E-state index in [4.69, 9.17) is 0 Å². The lowest BCUT2D eigenvalue weighted by atomic mass is 9.66. The Hall–Kier alpha value is -3.36. The van der Waals surface area contributed by atoms with Crippen LogP contribution in [-0.2, 0) is 16.9 Å². The number of pyridine rings is 1. The number of nitrogens with one attached hydrogen (secondary N) is 1. The molecule has 1 atom stereocenters. The van der Waals surface area contributed by atoms with Gasteiger partial charge in [-0.25, -0.2) is 9.18 Å². The van der Waals surface area contributed by atoms with Crippen LogP contribution in [0.4, 0.5) is 14.9 Å². The van der Waals surface area contributed by atoms with Crippen molar-refractivity contribution in [2.45, 2.75) is 57.6 Å². The summed E-state index contributed by atoms with van der Waals surface area (Å²) in [4.78, 5) is 31.9. The molecule has 0 bridgehead atoms. The number of halogens is 1. The van der Waals surface area contributed by atoms with Crippen molar-refractivity contribution in [1.82, 2.24) is 15.2 Å². The number of urea groups is 1. The fourth-order valence-electron chi connectivity index (χ4n) is 6.06. The zero-order chi connectivity index (χ0) is 26.7. The number of hydrogen-bond donors (Lipinski definition) is 2. The fraction of sp³-hybridized carbons (Fsp3) is 0.433. The van der Waals surface area contributed by atoms with E-state index < -0.39 is 22.9 Å². The molecule has 3 heterocycles. The number of piperidine rings is 1. The van der Waals surface area contributed by atoms with Crippen LogP contribution in [0, 0.1) is 11.2 Å². The number of imide groups is 1. The largest absolute Gasteiger partial charge is 0.384 e. The second kappa shape index (κ2) is 9.13. The molecule has 0 radical (unpaired) electrons. The molecule has 38 heavy (non-hydrogen) atoms. The first-order chi connectivity index (χ1) is 18.1. The summed E-state index contributed by atoms with van der Waals surface area (Å²) >= 11 is 0. The molecule has 1 aromatic heterocycles. The first-order valence-electron chi connectivity index (χ1n) is 13.4. The Morgan fingerprint density at radius 2 is 1.87 bits per heavy atom. The van der Waals surface area contributed by atoms with Crippen molar-refractivity contribution in [3.8, 4) is 0 Å². The van der Waals surface area contributed by atoms with Crippen LogP contribution >= 0.6 is 0 Å². The van der Waals surface area contributed by atoms with Gasteiger partial charge in [0.1, 0.15) is 5.82 Å². The van der Waals surface area contributed by atoms with E-state index >= 15 is 4.39 Å². The smallest absolute Gasteiger partial charge is 0.328 e. The van der Waals surface area contributed by atoms with Gasteiger partial charge in [0, 0.05) is 49.0 Å². The number of likely N-dealkylation sites (tertiary alicyclic amines) is 1. The van der Waals surface area contributed by atoms with Crippen LogP contribution in [0.25, 0.3) is 10.9 Å². The summed E-state index contributed by atoms with van der Waals surface area (Å²) in [6.07, 6.45) is 4.64. The summed E-state index contributed by atoms with van der Waals surface area (Å²) in [6, 6.07) is 13.3. The van der Waals surface area contributed by atoms with Crippen molar-refractivity contribution in [2.24, 2.45) is 5.41 Å². The Morgan fingerprint density at radius 3 is 2.55 bits per heavy atom. The van der Waals surface area contributed by atoms with Crippen LogP contribution in [0.5, 0.6) is 0 Å².